The van der Waals surface area contributed by atoms with Crippen LogP contribution in [0.25, 0.3) is 0 Å². The summed E-state index contributed by atoms with van der Waals surface area (Å²) in [5.41, 5.74) is 0.527. The van der Waals surface area contributed by atoms with Crippen LogP contribution in [0.4, 0.5) is 5.82 Å². The number of hydrogen-bond acceptors (Lipinski definition) is 4. The molecule has 0 saturated carbocycles. The van der Waals surface area contributed by atoms with Gasteiger partial charge in [-0.05, 0) is 12.1 Å². The summed E-state index contributed by atoms with van der Waals surface area (Å²) in [5, 5.41) is 11.3. The molecule has 0 fully saturated rings. The number of nitrogens with zero attached hydrogens (tertiary/aromatic N) is 3. The van der Waals surface area contributed by atoms with Crippen LogP contribution < -0.4 is 5.32 Å². The van der Waals surface area contributed by atoms with Gasteiger partial charge in [-0.2, -0.15) is 5.26 Å². The highest BCUT2D eigenvalue weighted by Crippen LogP contribution is 2.06. The van der Waals surface area contributed by atoms with Crippen LogP contribution in [-0.4, -0.2) is 36.4 Å². The van der Waals surface area contributed by atoms with E-state index in [1.807, 2.05) is 6.07 Å². The van der Waals surface area contributed by atoms with E-state index in [0.29, 0.717) is 18.5 Å². The van der Waals surface area contributed by atoms with Crippen LogP contribution in [0.15, 0.2) is 18.3 Å². The van der Waals surface area contributed by atoms with Crippen LogP contribution in [0.3, 0.4) is 0 Å². The lowest BCUT2D eigenvalue weighted by atomic mass is 10.2. The zero-order valence-electron chi connectivity index (χ0n) is 9.40. The van der Waals surface area contributed by atoms with E-state index in [9.17, 15) is 4.79 Å². The Bertz CT molecular complexity index is 393. The summed E-state index contributed by atoms with van der Waals surface area (Å²) < 4.78 is 0. The molecule has 0 radical (unpaired) electrons. The third kappa shape index (κ3) is 2.95. The molecule has 1 aromatic heterocycles. The van der Waals surface area contributed by atoms with Crippen LogP contribution in [0.2, 0.25) is 0 Å². The van der Waals surface area contributed by atoms with E-state index in [1.54, 1.807) is 26.2 Å². The van der Waals surface area contributed by atoms with Crippen molar-refractivity contribution in [1.82, 2.24) is 9.88 Å². The summed E-state index contributed by atoms with van der Waals surface area (Å²) in [6, 6.07) is 5.46. The van der Waals surface area contributed by atoms with Gasteiger partial charge >= 0.3 is 0 Å². The molecule has 0 aliphatic rings. The van der Waals surface area contributed by atoms with Crippen LogP contribution >= 0.6 is 0 Å². The number of nitrogens with one attached hydrogen (secondary N) is 1. The second-order valence-corrected chi connectivity index (χ2v) is 3.32. The van der Waals surface area contributed by atoms with Gasteiger partial charge in [0.1, 0.15) is 5.82 Å². The van der Waals surface area contributed by atoms with Gasteiger partial charge in [0.05, 0.1) is 18.1 Å². The Hall–Kier alpha value is -2.09. The van der Waals surface area contributed by atoms with Gasteiger partial charge in [0.2, 0.25) is 0 Å². The lowest BCUT2D eigenvalue weighted by Gasteiger charge is -2.15. The van der Waals surface area contributed by atoms with Crippen LogP contribution in [-0.2, 0) is 0 Å². The standard InChI is InChI=1S/C11H14N4O/c1-13-10-5-4-9(8-14-10)11(16)15(2)7-3-6-12/h4-5,8H,3,7H2,1-2H3,(H,13,14). The molecule has 0 unspecified atom stereocenters. The molecule has 1 rings (SSSR count). The smallest absolute Gasteiger partial charge is 0.255 e. The number of hydrogen-bond donors (Lipinski definition) is 1. The van der Waals surface area contributed by atoms with Crippen molar-refractivity contribution in [3.63, 3.8) is 0 Å². The van der Waals surface area contributed by atoms with Crippen LogP contribution in [0.5, 0.6) is 0 Å². The number of pyridine rings is 1. The Morgan fingerprint density at radius 1 is 1.62 bits per heavy atom. The van der Waals surface area contributed by atoms with Crippen molar-refractivity contribution in [1.29, 1.82) is 5.26 Å². The van der Waals surface area contributed by atoms with Crippen molar-refractivity contribution in [2.75, 3.05) is 26.0 Å². The van der Waals surface area contributed by atoms with Crippen molar-refractivity contribution in [2.24, 2.45) is 0 Å². The molecule has 84 valence electrons. The Labute approximate surface area is 94.7 Å². The first-order chi connectivity index (χ1) is 7.69. The van der Waals surface area contributed by atoms with Gasteiger partial charge in [-0.3, -0.25) is 4.79 Å². The summed E-state index contributed by atoms with van der Waals surface area (Å²) in [6.45, 7) is 0.434. The van der Waals surface area contributed by atoms with E-state index in [1.165, 1.54) is 11.1 Å². The van der Waals surface area contributed by atoms with E-state index in [-0.39, 0.29) is 5.91 Å². The highest BCUT2D eigenvalue weighted by Gasteiger charge is 2.11. The van der Waals surface area contributed by atoms with E-state index in [0.717, 1.165) is 5.82 Å². The van der Waals surface area contributed by atoms with Crippen molar-refractivity contribution < 1.29 is 4.79 Å². The maximum absolute atomic E-state index is 11.8. The van der Waals surface area contributed by atoms with Gasteiger partial charge in [-0.25, -0.2) is 4.98 Å². The van der Waals surface area contributed by atoms with Gasteiger partial charge in [0.25, 0.3) is 5.91 Å². The van der Waals surface area contributed by atoms with E-state index < -0.39 is 0 Å². The highest BCUT2D eigenvalue weighted by atomic mass is 16.2. The number of anilines is 1. The topological polar surface area (TPSA) is 69.0 Å². The number of carbonyl (C=O) groups excluding carboxylic acids is 1. The molecule has 5 nitrogen and oxygen atoms in total. The molecule has 1 amide bonds. The van der Waals surface area contributed by atoms with E-state index in [2.05, 4.69) is 10.3 Å². The first kappa shape index (κ1) is 12.0. The molecule has 1 aromatic rings. The minimum absolute atomic E-state index is 0.120. The van der Waals surface area contributed by atoms with Crippen LogP contribution in [0, 0.1) is 11.3 Å². The minimum atomic E-state index is -0.120. The number of rotatable bonds is 4. The van der Waals surface area contributed by atoms with Crippen molar-refractivity contribution in [3.05, 3.63) is 23.9 Å². The fourth-order valence-electron chi connectivity index (χ4n) is 1.21. The molecule has 0 atom stereocenters. The molecule has 0 aromatic carbocycles. The third-order valence-electron chi connectivity index (χ3n) is 2.17. The fourth-order valence-corrected chi connectivity index (χ4v) is 1.21. The van der Waals surface area contributed by atoms with Crippen molar-refractivity contribution >= 4 is 11.7 Å². The lowest BCUT2D eigenvalue weighted by Crippen LogP contribution is -2.27. The number of amides is 1. The second-order valence-electron chi connectivity index (χ2n) is 3.32. The average molecular weight is 218 g/mol. The van der Waals surface area contributed by atoms with E-state index >= 15 is 0 Å². The summed E-state index contributed by atoms with van der Waals surface area (Å²) in [6.07, 6.45) is 1.86. The summed E-state index contributed by atoms with van der Waals surface area (Å²) in [7, 11) is 3.44. The van der Waals surface area contributed by atoms with Gasteiger partial charge in [0, 0.05) is 26.8 Å². The second kappa shape index (κ2) is 5.71. The first-order valence-corrected chi connectivity index (χ1v) is 4.95. The molecule has 5 heteroatoms. The predicted octanol–water partition coefficient (Wildman–Crippen LogP) is 1.11. The molecule has 0 aliphatic heterocycles. The summed E-state index contributed by atoms with van der Waals surface area (Å²) in [5.74, 6) is 0.599. The van der Waals surface area contributed by atoms with Crippen molar-refractivity contribution in [2.45, 2.75) is 6.42 Å². The Morgan fingerprint density at radius 2 is 2.38 bits per heavy atom. The SMILES string of the molecule is CNc1ccc(C(=O)N(C)CCC#N)cn1. The molecular formula is C11H14N4O. The zero-order valence-corrected chi connectivity index (χ0v) is 9.40. The maximum atomic E-state index is 11.8. The Morgan fingerprint density at radius 3 is 2.88 bits per heavy atom. The summed E-state index contributed by atoms with van der Waals surface area (Å²) >= 11 is 0. The average Bonchev–Trinajstić information content (AvgIpc) is 2.35. The third-order valence-corrected chi connectivity index (χ3v) is 2.17. The maximum Gasteiger partial charge on any atom is 0.255 e. The molecular weight excluding hydrogens is 204 g/mol. The molecule has 1 N–H and O–H groups in total. The normalized spacial score (nSPS) is 9.31. The van der Waals surface area contributed by atoms with Crippen molar-refractivity contribution in [3.8, 4) is 6.07 Å². The largest absolute Gasteiger partial charge is 0.373 e. The van der Waals surface area contributed by atoms with Crippen LogP contribution in [0.1, 0.15) is 16.8 Å². The van der Waals surface area contributed by atoms with Gasteiger partial charge in [-0.1, -0.05) is 0 Å². The fraction of sp³-hybridized carbons (Fsp3) is 0.364. The molecule has 0 bridgehead atoms. The summed E-state index contributed by atoms with van der Waals surface area (Å²) in [4.78, 5) is 17.4. The predicted molar refractivity (Wildman–Crippen MR) is 61.0 cm³/mol. The monoisotopic (exact) mass is 218 g/mol. The highest BCUT2D eigenvalue weighted by molar-refractivity contribution is 5.93. The Kier molecular flexibility index (Phi) is 4.28. The Balaban J connectivity index is 2.69. The first-order valence-electron chi connectivity index (χ1n) is 4.95. The molecule has 0 saturated heterocycles. The minimum Gasteiger partial charge on any atom is -0.373 e. The number of nitriles is 1. The number of aromatic nitrogens is 1. The number of carbonyl (C=O) groups is 1. The molecule has 16 heavy (non-hydrogen) atoms. The van der Waals surface area contributed by atoms with Gasteiger partial charge < -0.3 is 10.2 Å². The van der Waals surface area contributed by atoms with E-state index in [4.69, 9.17) is 5.26 Å². The van der Waals surface area contributed by atoms with Gasteiger partial charge in [-0.15, -0.1) is 0 Å². The zero-order chi connectivity index (χ0) is 12.0. The molecule has 1 heterocycles. The molecule has 0 aliphatic carbocycles. The van der Waals surface area contributed by atoms with Gasteiger partial charge in [0.15, 0.2) is 0 Å². The molecule has 0 spiro atoms. The quantitative estimate of drug-likeness (QED) is 0.821. The lowest BCUT2D eigenvalue weighted by molar-refractivity contribution is 0.0797.